The second kappa shape index (κ2) is 10.0. The Morgan fingerprint density at radius 1 is 1.16 bits per heavy atom. The predicted octanol–water partition coefficient (Wildman–Crippen LogP) is 2.27. The highest BCUT2D eigenvalue weighted by molar-refractivity contribution is 7.89. The molecule has 1 heterocycles. The van der Waals surface area contributed by atoms with Crippen LogP contribution in [0.25, 0.3) is 0 Å². The summed E-state index contributed by atoms with van der Waals surface area (Å²) in [5.74, 6) is 1.17. The molecule has 0 aliphatic carbocycles. The summed E-state index contributed by atoms with van der Waals surface area (Å²) in [4.78, 5) is 14.8. The molecule has 9 heteroatoms. The molecule has 2 aromatic carbocycles. The van der Waals surface area contributed by atoms with Gasteiger partial charge >= 0.3 is 6.03 Å². The van der Waals surface area contributed by atoms with Crippen molar-refractivity contribution in [3.63, 3.8) is 0 Å². The van der Waals surface area contributed by atoms with Gasteiger partial charge in [0.25, 0.3) is 0 Å². The third-order valence-electron chi connectivity index (χ3n) is 5.43. The molecule has 0 radical (unpaired) electrons. The molecule has 1 saturated heterocycles. The van der Waals surface area contributed by atoms with Crippen molar-refractivity contribution in [1.29, 1.82) is 0 Å². The van der Waals surface area contributed by atoms with Crippen LogP contribution < -0.4 is 20.3 Å². The molecule has 1 aliphatic rings. The van der Waals surface area contributed by atoms with Gasteiger partial charge in [0.15, 0.2) is 0 Å². The normalized spacial score (nSPS) is 16.4. The summed E-state index contributed by atoms with van der Waals surface area (Å²) in [5.41, 5.74) is 1.67. The summed E-state index contributed by atoms with van der Waals surface area (Å²) in [6, 6.07) is 14.4. The van der Waals surface area contributed by atoms with Crippen molar-refractivity contribution >= 4 is 21.7 Å². The molecule has 1 unspecified atom stereocenters. The number of nitrogens with one attached hydrogen (secondary N) is 2. The standard InChI is InChI=1S/C22H30N4O4S/c1-25(2)31(28,29)21-10-5-4-7-18(21)15-24-22(27)23-14-17-11-12-26(16-17)19-8-6-9-20(13-19)30-3/h4-10,13,17H,11-12,14-16H2,1-3H3,(H2,23,24,27). The summed E-state index contributed by atoms with van der Waals surface area (Å²) < 4.78 is 31.4. The van der Waals surface area contributed by atoms with E-state index in [9.17, 15) is 13.2 Å². The lowest BCUT2D eigenvalue weighted by Gasteiger charge is -2.19. The summed E-state index contributed by atoms with van der Waals surface area (Å²) in [6.45, 7) is 2.48. The Hall–Kier alpha value is -2.78. The zero-order valence-corrected chi connectivity index (χ0v) is 19.0. The fourth-order valence-electron chi connectivity index (χ4n) is 3.61. The molecule has 2 aromatic rings. The van der Waals surface area contributed by atoms with E-state index in [1.165, 1.54) is 18.4 Å². The van der Waals surface area contributed by atoms with Crippen LogP contribution in [0.4, 0.5) is 10.5 Å². The molecule has 3 rings (SSSR count). The monoisotopic (exact) mass is 446 g/mol. The van der Waals surface area contributed by atoms with Crippen LogP contribution in [0.15, 0.2) is 53.4 Å². The second-order valence-corrected chi connectivity index (χ2v) is 9.88. The van der Waals surface area contributed by atoms with E-state index < -0.39 is 10.0 Å². The van der Waals surface area contributed by atoms with Gasteiger partial charge in [-0.2, -0.15) is 0 Å². The van der Waals surface area contributed by atoms with E-state index in [4.69, 9.17) is 4.74 Å². The van der Waals surface area contributed by atoms with Gasteiger partial charge < -0.3 is 20.3 Å². The summed E-state index contributed by atoms with van der Waals surface area (Å²) in [5, 5.41) is 5.68. The SMILES string of the molecule is COc1cccc(N2CCC(CNC(=O)NCc3ccccc3S(=O)(=O)N(C)C)C2)c1. The number of benzene rings is 2. The highest BCUT2D eigenvalue weighted by Gasteiger charge is 2.24. The highest BCUT2D eigenvalue weighted by atomic mass is 32.2. The lowest BCUT2D eigenvalue weighted by molar-refractivity contribution is 0.239. The van der Waals surface area contributed by atoms with Crippen molar-refractivity contribution in [2.45, 2.75) is 17.9 Å². The van der Waals surface area contributed by atoms with Gasteiger partial charge in [0, 0.05) is 52.0 Å². The highest BCUT2D eigenvalue weighted by Crippen LogP contribution is 2.26. The van der Waals surface area contributed by atoms with Crippen LogP contribution in [0.1, 0.15) is 12.0 Å². The topological polar surface area (TPSA) is 91.0 Å². The number of amides is 2. The van der Waals surface area contributed by atoms with Gasteiger partial charge in [-0.15, -0.1) is 0 Å². The van der Waals surface area contributed by atoms with Crippen molar-refractivity contribution < 1.29 is 17.9 Å². The smallest absolute Gasteiger partial charge is 0.315 e. The van der Waals surface area contributed by atoms with Gasteiger partial charge in [-0.25, -0.2) is 17.5 Å². The number of hydrogen-bond donors (Lipinski definition) is 2. The van der Waals surface area contributed by atoms with E-state index in [0.29, 0.717) is 18.0 Å². The quantitative estimate of drug-likeness (QED) is 0.649. The summed E-state index contributed by atoms with van der Waals surface area (Å²) in [6.07, 6.45) is 0.988. The Bertz CT molecular complexity index is 1010. The molecule has 0 spiro atoms. The Morgan fingerprint density at radius 2 is 1.94 bits per heavy atom. The molecule has 168 valence electrons. The van der Waals surface area contributed by atoms with E-state index in [1.807, 2.05) is 18.2 Å². The molecule has 2 amide bonds. The number of nitrogens with zero attached hydrogens (tertiary/aromatic N) is 2. The molecule has 1 aliphatic heterocycles. The van der Waals surface area contributed by atoms with Crippen molar-refractivity contribution in [3.05, 3.63) is 54.1 Å². The third-order valence-corrected chi connectivity index (χ3v) is 7.34. The minimum absolute atomic E-state index is 0.135. The third kappa shape index (κ3) is 5.68. The number of urea groups is 1. The molecule has 1 fully saturated rings. The first kappa shape index (κ1) is 22.9. The summed E-state index contributed by atoms with van der Waals surface area (Å²) in [7, 11) is 1.06. The first-order valence-corrected chi connectivity index (χ1v) is 11.7. The van der Waals surface area contributed by atoms with E-state index in [2.05, 4.69) is 21.6 Å². The maximum atomic E-state index is 12.5. The second-order valence-electron chi connectivity index (χ2n) is 7.76. The van der Waals surface area contributed by atoms with E-state index in [1.54, 1.807) is 31.4 Å². The molecule has 8 nitrogen and oxygen atoms in total. The number of ether oxygens (including phenoxy) is 1. The van der Waals surface area contributed by atoms with Crippen molar-refractivity contribution in [1.82, 2.24) is 14.9 Å². The van der Waals surface area contributed by atoms with Crippen molar-refractivity contribution in [2.24, 2.45) is 5.92 Å². The fourth-order valence-corrected chi connectivity index (χ4v) is 4.73. The number of carbonyl (C=O) groups excluding carboxylic acids is 1. The maximum absolute atomic E-state index is 12.5. The number of sulfonamides is 1. The van der Waals surface area contributed by atoms with Crippen molar-refractivity contribution in [3.8, 4) is 5.75 Å². The van der Waals surface area contributed by atoms with Crippen LogP contribution in [0, 0.1) is 5.92 Å². The Kier molecular flexibility index (Phi) is 7.40. The Balaban J connectivity index is 1.50. The number of methoxy groups -OCH3 is 1. The first-order chi connectivity index (χ1) is 14.8. The first-order valence-electron chi connectivity index (χ1n) is 10.2. The van der Waals surface area contributed by atoms with Crippen LogP contribution in [-0.4, -0.2) is 59.6 Å². The fraction of sp³-hybridized carbons (Fsp3) is 0.409. The number of hydrogen-bond acceptors (Lipinski definition) is 5. The van der Waals surface area contributed by atoms with Crippen LogP contribution in [-0.2, 0) is 16.6 Å². The van der Waals surface area contributed by atoms with Gasteiger partial charge in [-0.3, -0.25) is 0 Å². The van der Waals surface area contributed by atoms with E-state index in [0.717, 1.165) is 30.9 Å². The Morgan fingerprint density at radius 3 is 2.68 bits per heavy atom. The van der Waals surface area contributed by atoms with Crippen LogP contribution in [0.2, 0.25) is 0 Å². The molecular weight excluding hydrogens is 416 g/mol. The maximum Gasteiger partial charge on any atom is 0.315 e. The predicted molar refractivity (Wildman–Crippen MR) is 121 cm³/mol. The minimum Gasteiger partial charge on any atom is -0.497 e. The molecule has 0 aromatic heterocycles. The van der Waals surface area contributed by atoms with Gasteiger partial charge in [0.05, 0.1) is 12.0 Å². The largest absolute Gasteiger partial charge is 0.497 e. The van der Waals surface area contributed by atoms with Crippen LogP contribution in [0.5, 0.6) is 5.75 Å². The lowest BCUT2D eigenvalue weighted by Crippen LogP contribution is -2.38. The zero-order valence-electron chi connectivity index (χ0n) is 18.2. The number of carbonyl (C=O) groups is 1. The molecular formula is C22H30N4O4S. The number of rotatable bonds is 8. The Labute approximate surface area is 184 Å². The molecule has 31 heavy (non-hydrogen) atoms. The molecule has 0 bridgehead atoms. The molecule has 1 atom stereocenters. The van der Waals surface area contributed by atoms with E-state index >= 15 is 0 Å². The zero-order chi connectivity index (χ0) is 22.4. The molecule has 2 N–H and O–H groups in total. The van der Waals surface area contributed by atoms with Crippen molar-refractivity contribution in [2.75, 3.05) is 45.7 Å². The van der Waals surface area contributed by atoms with Crippen LogP contribution >= 0.6 is 0 Å². The average molecular weight is 447 g/mol. The number of anilines is 1. The van der Waals surface area contributed by atoms with Gasteiger partial charge in [-0.1, -0.05) is 24.3 Å². The average Bonchev–Trinajstić information content (AvgIpc) is 3.25. The lowest BCUT2D eigenvalue weighted by atomic mass is 10.1. The van der Waals surface area contributed by atoms with Gasteiger partial charge in [0.1, 0.15) is 5.75 Å². The van der Waals surface area contributed by atoms with Gasteiger partial charge in [0.2, 0.25) is 10.0 Å². The summed E-state index contributed by atoms with van der Waals surface area (Å²) >= 11 is 0. The van der Waals surface area contributed by atoms with E-state index in [-0.39, 0.29) is 17.5 Å². The minimum atomic E-state index is -3.57. The van der Waals surface area contributed by atoms with Gasteiger partial charge in [-0.05, 0) is 36.1 Å². The van der Waals surface area contributed by atoms with Crippen LogP contribution in [0.3, 0.4) is 0 Å². The molecule has 0 saturated carbocycles.